The Labute approximate surface area is 199 Å². The predicted molar refractivity (Wildman–Crippen MR) is 129 cm³/mol. The minimum absolute atomic E-state index is 0.130. The van der Waals surface area contributed by atoms with Gasteiger partial charge in [-0.05, 0) is 50.3 Å². The largest absolute Gasteiger partial charge is 0.487 e. The van der Waals surface area contributed by atoms with Crippen molar-refractivity contribution in [2.24, 2.45) is 5.73 Å². The number of nitrogens with two attached hydrogens (primary N) is 1. The van der Waals surface area contributed by atoms with Crippen LogP contribution >= 0.6 is 23.1 Å². The van der Waals surface area contributed by atoms with Gasteiger partial charge in [0.1, 0.15) is 17.4 Å². The lowest BCUT2D eigenvalue weighted by molar-refractivity contribution is -0.115. The summed E-state index contributed by atoms with van der Waals surface area (Å²) in [6.07, 6.45) is 3.76. The van der Waals surface area contributed by atoms with Gasteiger partial charge in [-0.15, -0.1) is 11.3 Å². The van der Waals surface area contributed by atoms with Gasteiger partial charge in [-0.2, -0.15) is 0 Å². The summed E-state index contributed by atoms with van der Waals surface area (Å²) in [6.45, 7) is 1.84. The third-order valence-corrected chi connectivity index (χ3v) is 7.41. The number of carbonyl (C=O) groups excluding carboxylic acids is 2. The number of primary amides is 1. The summed E-state index contributed by atoms with van der Waals surface area (Å²) in [7, 11) is 0. The molecule has 1 atom stereocenters. The minimum atomic E-state index is -0.571. The summed E-state index contributed by atoms with van der Waals surface area (Å²) >= 11 is 2.54. The quantitative estimate of drug-likeness (QED) is 0.332. The number of ether oxygens (including phenoxy) is 1. The number of para-hydroxylation sites is 1. The van der Waals surface area contributed by atoms with Crippen molar-refractivity contribution in [1.29, 1.82) is 0 Å². The van der Waals surface area contributed by atoms with E-state index in [2.05, 4.69) is 15.3 Å². The maximum absolute atomic E-state index is 12.9. The number of benzene rings is 1. The van der Waals surface area contributed by atoms with Crippen LogP contribution in [0.5, 0.6) is 5.75 Å². The van der Waals surface area contributed by atoms with Crippen LogP contribution in [0.3, 0.4) is 0 Å². The van der Waals surface area contributed by atoms with Gasteiger partial charge in [0, 0.05) is 10.9 Å². The highest BCUT2D eigenvalue weighted by atomic mass is 32.2. The number of nitrogens with one attached hydrogen (secondary N) is 2. The topological polar surface area (TPSA) is 127 Å². The number of fused-ring (bicyclic) bond motifs is 1. The first-order valence-electron chi connectivity index (χ1n) is 10.6. The van der Waals surface area contributed by atoms with Crippen LogP contribution in [0.4, 0.5) is 5.00 Å². The zero-order valence-electron chi connectivity index (χ0n) is 18.1. The summed E-state index contributed by atoms with van der Waals surface area (Å²) in [6, 6.07) is 10.6. The van der Waals surface area contributed by atoms with E-state index in [-0.39, 0.29) is 18.1 Å². The minimum Gasteiger partial charge on any atom is -0.487 e. The van der Waals surface area contributed by atoms with Crippen molar-refractivity contribution >= 4 is 39.9 Å². The van der Waals surface area contributed by atoms with Gasteiger partial charge in [0.15, 0.2) is 5.16 Å². The molecule has 172 valence electrons. The smallest absolute Gasteiger partial charge is 0.251 e. The number of aryl methyl sites for hydroxylation is 1. The molecule has 2 heterocycles. The molecule has 1 aliphatic rings. The summed E-state index contributed by atoms with van der Waals surface area (Å²) in [5, 5.41) is 3.10. The number of aromatic nitrogens is 2. The number of carbonyl (C=O) groups is 2. The lowest BCUT2D eigenvalue weighted by atomic mass is 9.95. The fourth-order valence-electron chi connectivity index (χ4n) is 3.64. The molecule has 0 saturated carbocycles. The van der Waals surface area contributed by atoms with Crippen molar-refractivity contribution in [2.75, 3.05) is 5.32 Å². The van der Waals surface area contributed by atoms with Crippen LogP contribution in [-0.2, 0) is 24.2 Å². The number of thioether (sulfide) groups is 1. The molecule has 0 aliphatic heterocycles. The average Bonchev–Trinajstić information content (AvgIpc) is 3.16. The molecule has 2 aromatic heterocycles. The van der Waals surface area contributed by atoms with E-state index in [4.69, 9.17) is 10.5 Å². The van der Waals surface area contributed by atoms with Gasteiger partial charge in [0.25, 0.3) is 11.5 Å². The number of anilines is 1. The highest BCUT2D eigenvalue weighted by molar-refractivity contribution is 8.00. The maximum atomic E-state index is 12.9. The summed E-state index contributed by atoms with van der Waals surface area (Å²) < 4.78 is 5.66. The first-order chi connectivity index (χ1) is 15.9. The van der Waals surface area contributed by atoms with Crippen LogP contribution in [-0.4, -0.2) is 27.0 Å². The molecular weight excluding hydrogens is 460 g/mol. The Morgan fingerprint density at radius 2 is 2.03 bits per heavy atom. The Morgan fingerprint density at radius 3 is 2.79 bits per heavy atom. The number of hydrogen-bond donors (Lipinski definition) is 3. The molecule has 33 heavy (non-hydrogen) atoms. The third-order valence-electron chi connectivity index (χ3n) is 5.21. The van der Waals surface area contributed by atoms with E-state index in [0.717, 1.165) is 47.9 Å². The van der Waals surface area contributed by atoms with Crippen molar-refractivity contribution in [3.63, 3.8) is 0 Å². The molecule has 0 radical (unpaired) electrons. The summed E-state index contributed by atoms with van der Waals surface area (Å²) in [4.78, 5) is 45.2. The molecule has 8 nitrogen and oxygen atoms in total. The van der Waals surface area contributed by atoms with E-state index >= 15 is 0 Å². The fourth-order valence-corrected chi connectivity index (χ4v) is 5.76. The molecule has 0 saturated heterocycles. The second-order valence-corrected chi connectivity index (χ2v) is 10.1. The second-order valence-electron chi connectivity index (χ2n) is 7.67. The van der Waals surface area contributed by atoms with E-state index in [1.54, 1.807) is 6.92 Å². The number of amides is 2. The molecule has 1 aromatic carbocycles. The van der Waals surface area contributed by atoms with Crippen LogP contribution in [0.15, 0.2) is 46.3 Å². The van der Waals surface area contributed by atoms with Crippen LogP contribution in [0.1, 0.15) is 46.3 Å². The zero-order chi connectivity index (χ0) is 23.4. The normalized spacial score (nSPS) is 13.7. The molecule has 4 N–H and O–H groups in total. The predicted octanol–water partition coefficient (Wildman–Crippen LogP) is 3.51. The van der Waals surface area contributed by atoms with Gasteiger partial charge in [-0.3, -0.25) is 14.4 Å². The second kappa shape index (κ2) is 10.2. The van der Waals surface area contributed by atoms with Crippen molar-refractivity contribution in [1.82, 2.24) is 9.97 Å². The summed E-state index contributed by atoms with van der Waals surface area (Å²) in [5.74, 6) is -0.151. The number of hydrogen-bond acceptors (Lipinski definition) is 7. The molecule has 4 rings (SSSR count). The van der Waals surface area contributed by atoms with Crippen LogP contribution in [0, 0.1) is 0 Å². The monoisotopic (exact) mass is 484 g/mol. The first kappa shape index (κ1) is 23.1. The van der Waals surface area contributed by atoms with Crippen LogP contribution in [0.2, 0.25) is 0 Å². The van der Waals surface area contributed by atoms with E-state index in [9.17, 15) is 14.4 Å². The van der Waals surface area contributed by atoms with Gasteiger partial charge in [0.05, 0.1) is 16.5 Å². The van der Waals surface area contributed by atoms with Crippen molar-refractivity contribution in [3.8, 4) is 5.75 Å². The highest BCUT2D eigenvalue weighted by Gasteiger charge is 2.26. The first-order valence-corrected chi connectivity index (χ1v) is 12.3. The molecule has 10 heteroatoms. The van der Waals surface area contributed by atoms with Gasteiger partial charge >= 0.3 is 0 Å². The van der Waals surface area contributed by atoms with Crippen LogP contribution < -0.4 is 21.3 Å². The number of H-pyrrole nitrogens is 1. The molecule has 1 unspecified atom stereocenters. The van der Waals surface area contributed by atoms with Crippen LogP contribution in [0.25, 0.3) is 0 Å². The highest BCUT2D eigenvalue weighted by Crippen LogP contribution is 2.38. The van der Waals surface area contributed by atoms with Gasteiger partial charge < -0.3 is 20.8 Å². The molecule has 3 aromatic rings. The standard InChI is InChI=1S/C23H24N4O4S2/c1-13(21(30)27-22-19(20(24)29)16-9-5-6-10-17(16)33-22)32-23-25-14(11-18(28)26-23)12-31-15-7-3-2-4-8-15/h2-4,7-8,11,13H,5-6,9-10,12H2,1H3,(H2,24,29)(H,27,30)(H,25,26,28). The Hall–Kier alpha value is -3.11. The Kier molecular flexibility index (Phi) is 7.14. The molecule has 0 bridgehead atoms. The van der Waals surface area contributed by atoms with Gasteiger partial charge in [0.2, 0.25) is 5.91 Å². The Balaban J connectivity index is 1.44. The van der Waals surface area contributed by atoms with E-state index in [1.165, 1.54) is 17.4 Å². The zero-order valence-corrected chi connectivity index (χ0v) is 19.7. The number of aromatic amines is 1. The molecule has 1 aliphatic carbocycles. The SMILES string of the molecule is CC(Sc1nc(COc2ccccc2)cc(=O)[nH]1)C(=O)Nc1sc2c(c1C(N)=O)CCCC2. The molecule has 0 spiro atoms. The Morgan fingerprint density at radius 1 is 1.27 bits per heavy atom. The summed E-state index contributed by atoms with van der Waals surface area (Å²) in [5.41, 5.74) is 7.13. The van der Waals surface area contributed by atoms with E-state index in [1.807, 2.05) is 30.3 Å². The van der Waals surface area contributed by atoms with Gasteiger partial charge in [-0.25, -0.2) is 4.98 Å². The van der Waals surface area contributed by atoms with Gasteiger partial charge in [-0.1, -0.05) is 30.0 Å². The van der Waals surface area contributed by atoms with E-state index in [0.29, 0.717) is 27.2 Å². The maximum Gasteiger partial charge on any atom is 0.251 e. The van der Waals surface area contributed by atoms with Crippen molar-refractivity contribution in [3.05, 3.63) is 68.4 Å². The lowest BCUT2D eigenvalue weighted by Crippen LogP contribution is -2.25. The number of rotatable bonds is 8. The third kappa shape index (κ3) is 5.63. The van der Waals surface area contributed by atoms with Crippen molar-refractivity contribution in [2.45, 2.75) is 49.6 Å². The fraction of sp³-hybridized carbons (Fsp3) is 0.304. The molecule has 2 amide bonds. The molecular formula is C23H24N4O4S2. The average molecular weight is 485 g/mol. The lowest BCUT2D eigenvalue weighted by Gasteiger charge is -2.13. The number of nitrogens with zero attached hydrogens (tertiary/aromatic N) is 1. The van der Waals surface area contributed by atoms with Crippen molar-refractivity contribution < 1.29 is 14.3 Å². The van der Waals surface area contributed by atoms with E-state index < -0.39 is 11.2 Å². The molecule has 0 fully saturated rings. The number of thiophene rings is 1. The Bertz CT molecular complexity index is 1220.